The number of fused-ring (bicyclic) bond motifs is 2. The quantitative estimate of drug-likeness (QED) is 0.579. The zero-order valence-corrected chi connectivity index (χ0v) is 18.9. The Morgan fingerprint density at radius 1 is 1.12 bits per heavy atom. The molecule has 2 heterocycles. The lowest BCUT2D eigenvalue weighted by atomic mass is 9.85. The van der Waals surface area contributed by atoms with Crippen LogP contribution in [0.4, 0.5) is 0 Å². The van der Waals surface area contributed by atoms with Crippen molar-refractivity contribution in [2.24, 2.45) is 0 Å². The van der Waals surface area contributed by atoms with E-state index < -0.39 is 17.7 Å². The number of aliphatic hydroxyl groups excluding tert-OH is 1. The number of carbonyl (C=O) groups is 1. The van der Waals surface area contributed by atoms with E-state index in [0.29, 0.717) is 45.2 Å². The minimum atomic E-state index is -1.11. The Bertz CT molecular complexity index is 1360. The lowest BCUT2D eigenvalue weighted by Gasteiger charge is -2.41. The molecule has 3 aromatic rings. The number of nitrogens with zero attached hydrogens (tertiary/aromatic N) is 1. The number of aliphatic hydroxyl groups is 1. The molecule has 168 valence electrons. The second-order valence-electron chi connectivity index (χ2n) is 8.73. The Labute approximate surface area is 195 Å². The largest absolute Gasteiger partial charge is 0.485 e. The van der Waals surface area contributed by atoms with E-state index in [0.717, 1.165) is 0 Å². The van der Waals surface area contributed by atoms with E-state index in [-0.39, 0.29) is 11.3 Å². The number of ether oxygens (including phenoxy) is 1. The predicted octanol–water partition coefficient (Wildman–Crippen LogP) is 4.49. The topological polar surface area (TPSA) is 81.7 Å². The second kappa shape index (κ2) is 7.90. The fourth-order valence-corrected chi connectivity index (χ4v) is 4.42. The van der Waals surface area contributed by atoms with Crippen LogP contribution in [-0.2, 0) is 6.42 Å². The SMILES string of the molecule is CC1(C)Oc2ccc(C(=O)c3ccccc3)cc2[C@@H](n2oc3c(c2=O)C=CC(Cl)=CC3)[C@@H]1O. The molecule has 1 aromatic heterocycles. The highest BCUT2D eigenvalue weighted by molar-refractivity contribution is 6.31. The van der Waals surface area contributed by atoms with Crippen LogP contribution in [0.2, 0.25) is 0 Å². The van der Waals surface area contributed by atoms with Gasteiger partial charge < -0.3 is 14.4 Å². The number of benzene rings is 2. The van der Waals surface area contributed by atoms with Crippen molar-refractivity contribution < 1.29 is 19.2 Å². The predicted molar refractivity (Wildman–Crippen MR) is 125 cm³/mol. The summed E-state index contributed by atoms with van der Waals surface area (Å²) in [5, 5.41) is 11.8. The number of hydrogen-bond donors (Lipinski definition) is 1. The number of halogens is 1. The van der Waals surface area contributed by atoms with Crippen LogP contribution in [0.3, 0.4) is 0 Å². The van der Waals surface area contributed by atoms with Crippen LogP contribution in [0.5, 0.6) is 5.75 Å². The molecule has 0 unspecified atom stereocenters. The Kier molecular flexibility index (Phi) is 5.15. The number of ketones is 1. The van der Waals surface area contributed by atoms with E-state index in [2.05, 4.69) is 0 Å². The Balaban J connectivity index is 1.65. The summed E-state index contributed by atoms with van der Waals surface area (Å²) in [7, 11) is 0. The smallest absolute Gasteiger partial charge is 0.290 e. The molecular formula is C26H22ClNO5. The summed E-state index contributed by atoms with van der Waals surface area (Å²) in [6.45, 7) is 3.50. The van der Waals surface area contributed by atoms with Gasteiger partial charge >= 0.3 is 0 Å². The van der Waals surface area contributed by atoms with Crippen LogP contribution in [0, 0.1) is 0 Å². The standard InChI is InChI=1S/C26H22ClNO5/c1-26(2)24(30)22(28-25(31)18-11-9-17(27)10-13-21(18)33-28)19-14-16(8-12-20(19)32-26)23(29)15-6-4-3-5-7-15/h3-12,14,22,24,30H,13H2,1-2H3/t22-,24+/m1/s1. The number of hydrogen-bond acceptors (Lipinski definition) is 5. The summed E-state index contributed by atoms with van der Waals surface area (Å²) in [6.07, 6.45) is 4.26. The van der Waals surface area contributed by atoms with Crippen molar-refractivity contribution in [1.29, 1.82) is 0 Å². The minimum absolute atomic E-state index is 0.165. The van der Waals surface area contributed by atoms with Crippen molar-refractivity contribution in [1.82, 2.24) is 4.74 Å². The van der Waals surface area contributed by atoms with Gasteiger partial charge in [-0.1, -0.05) is 48.0 Å². The Morgan fingerprint density at radius 3 is 2.64 bits per heavy atom. The van der Waals surface area contributed by atoms with Crippen LogP contribution >= 0.6 is 11.6 Å². The first kappa shape index (κ1) is 21.5. The van der Waals surface area contributed by atoms with Crippen molar-refractivity contribution in [3.63, 3.8) is 0 Å². The van der Waals surface area contributed by atoms with E-state index in [9.17, 15) is 14.7 Å². The lowest BCUT2D eigenvalue weighted by molar-refractivity contribution is -0.0778. The molecule has 1 aliphatic heterocycles. The van der Waals surface area contributed by atoms with Gasteiger partial charge in [-0.25, -0.2) is 0 Å². The highest BCUT2D eigenvalue weighted by Gasteiger charge is 2.46. The summed E-state index contributed by atoms with van der Waals surface area (Å²) in [4.78, 5) is 26.4. The highest BCUT2D eigenvalue weighted by Crippen LogP contribution is 2.42. The summed E-state index contributed by atoms with van der Waals surface area (Å²) in [5.41, 5.74) is 0.487. The summed E-state index contributed by atoms with van der Waals surface area (Å²) in [6, 6.07) is 13.1. The molecule has 0 bridgehead atoms. The molecule has 2 atom stereocenters. The van der Waals surface area contributed by atoms with Gasteiger partial charge in [-0.2, -0.15) is 4.74 Å². The third-order valence-corrected chi connectivity index (χ3v) is 6.38. The number of carbonyl (C=O) groups excluding carboxylic acids is 1. The van der Waals surface area contributed by atoms with Crippen LogP contribution in [0.1, 0.15) is 52.7 Å². The van der Waals surface area contributed by atoms with Gasteiger partial charge in [0.25, 0.3) is 5.56 Å². The van der Waals surface area contributed by atoms with Gasteiger partial charge in [0, 0.05) is 28.1 Å². The van der Waals surface area contributed by atoms with Gasteiger partial charge in [0.15, 0.2) is 5.78 Å². The van der Waals surface area contributed by atoms with Crippen LogP contribution in [-0.4, -0.2) is 27.3 Å². The van der Waals surface area contributed by atoms with Gasteiger partial charge in [-0.05, 0) is 44.2 Å². The molecule has 1 N–H and O–H groups in total. The molecule has 2 aromatic carbocycles. The maximum Gasteiger partial charge on any atom is 0.290 e. The Hall–Kier alpha value is -3.35. The van der Waals surface area contributed by atoms with Crippen molar-refractivity contribution in [3.05, 3.63) is 104 Å². The molecule has 0 spiro atoms. The van der Waals surface area contributed by atoms with Crippen molar-refractivity contribution in [2.45, 2.75) is 38.0 Å². The van der Waals surface area contributed by atoms with Crippen molar-refractivity contribution in [2.75, 3.05) is 0 Å². The van der Waals surface area contributed by atoms with E-state index in [1.54, 1.807) is 74.5 Å². The second-order valence-corrected chi connectivity index (χ2v) is 9.16. The van der Waals surface area contributed by atoms with Gasteiger partial charge in [0.05, 0.1) is 5.56 Å². The van der Waals surface area contributed by atoms with Crippen molar-refractivity contribution >= 4 is 23.5 Å². The van der Waals surface area contributed by atoms with Gasteiger partial charge in [0.1, 0.15) is 29.3 Å². The molecular weight excluding hydrogens is 442 g/mol. The molecule has 0 saturated carbocycles. The molecule has 7 heteroatoms. The zero-order chi connectivity index (χ0) is 23.3. The first-order chi connectivity index (χ1) is 15.8. The van der Waals surface area contributed by atoms with Gasteiger partial charge in [-0.15, -0.1) is 0 Å². The third kappa shape index (κ3) is 3.65. The normalized spacial score (nSPS) is 20.8. The first-order valence-corrected chi connectivity index (χ1v) is 11.0. The number of aromatic nitrogens is 1. The average molecular weight is 464 g/mol. The molecule has 33 heavy (non-hydrogen) atoms. The third-order valence-electron chi connectivity index (χ3n) is 6.09. The van der Waals surface area contributed by atoms with E-state index >= 15 is 0 Å². The molecule has 5 rings (SSSR count). The molecule has 0 fully saturated rings. The number of rotatable bonds is 3. The summed E-state index contributed by atoms with van der Waals surface area (Å²) in [5.74, 6) is 0.778. The van der Waals surface area contributed by atoms with Crippen LogP contribution < -0.4 is 10.3 Å². The fourth-order valence-electron chi connectivity index (χ4n) is 4.28. The van der Waals surface area contributed by atoms with E-state index in [4.69, 9.17) is 20.9 Å². The number of allylic oxidation sites excluding steroid dienone is 3. The van der Waals surface area contributed by atoms with Crippen LogP contribution in [0.15, 0.2) is 75.0 Å². The molecule has 0 amide bonds. The summed E-state index contributed by atoms with van der Waals surface area (Å²) < 4.78 is 13.2. The minimum Gasteiger partial charge on any atom is -0.485 e. The molecule has 0 saturated heterocycles. The highest BCUT2D eigenvalue weighted by atomic mass is 35.5. The zero-order valence-electron chi connectivity index (χ0n) is 18.1. The van der Waals surface area contributed by atoms with E-state index in [1.165, 1.54) is 4.74 Å². The maximum absolute atomic E-state index is 13.3. The first-order valence-electron chi connectivity index (χ1n) is 10.7. The molecule has 6 nitrogen and oxygen atoms in total. The summed E-state index contributed by atoms with van der Waals surface area (Å²) >= 11 is 6.07. The average Bonchev–Trinajstić information content (AvgIpc) is 2.98. The lowest BCUT2D eigenvalue weighted by Crippen LogP contribution is -2.51. The van der Waals surface area contributed by atoms with E-state index in [1.807, 2.05) is 6.07 Å². The maximum atomic E-state index is 13.3. The monoisotopic (exact) mass is 463 g/mol. The Morgan fingerprint density at radius 2 is 1.88 bits per heavy atom. The van der Waals surface area contributed by atoms with Crippen molar-refractivity contribution in [3.8, 4) is 5.75 Å². The molecule has 2 aliphatic rings. The molecule has 1 aliphatic carbocycles. The van der Waals surface area contributed by atoms with Gasteiger partial charge in [-0.3, -0.25) is 9.59 Å². The molecule has 0 radical (unpaired) electrons. The fraction of sp³-hybridized carbons (Fsp3) is 0.231. The van der Waals surface area contributed by atoms with Crippen LogP contribution in [0.25, 0.3) is 6.08 Å². The van der Waals surface area contributed by atoms with Gasteiger partial charge in [0.2, 0.25) is 0 Å².